The summed E-state index contributed by atoms with van der Waals surface area (Å²) in [6, 6.07) is 5.35. The first-order valence-corrected chi connectivity index (χ1v) is 4.61. The molecule has 0 saturated heterocycles. The molecule has 0 unspecified atom stereocenters. The first-order valence-electron chi connectivity index (χ1n) is 4.21. The maximum Gasteiger partial charge on any atom is 0.185 e. The van der Waals surface area contributed by atoms with Gasteiger partial charge in [0, 0.05) is 11.8 Å². The predicted molar refractivity (Wildman–Crippen MR) is 63.1 cm³/mol. The second kappa shape index (κ2) is 5.38. The average molecular weight is 227 g/mol. The molecular weight excluding hydrogens is 214 g/mol. The van der Waals surface area contributed by atoms with Crippen molar-refractivity contribution in [1.29, 1.82) is 0 Å². The number of benzene rings is 1. The van der Waals surface area contributed by atoms with Crippen molar-refractivity contribution in [3.8, 4) is 11.5 Å². The summed E-state index contributed by atoms with van der Waals surface area (Å²) in [7, 11) is 3.15. The highest BCUT2D eigenvalue weighted by molar-refractivity contribution is 7.80. The Morgan fingerprint density at radius 3 is 2.47 bits per heavy atom. The molecule has 0 fully saturated rings. The number of methoxy groups -OCH3 is 2. The molecule has 0 aliphatic heterocycles. The number of thiocarbonyl (C=S) groups is 1. The highest BCUT2D eigenvalue weighted by Gasteiger charge is 2.04. The minimum absolute atomic E-state index is 0.335. The largest absolute Gasteiger partial charge is 0.493 e. The molecule has 6 heteroatoms. The van der Waals surface area contributed by atoms with Crippen molar-refractivity contribution in [2.45, 2.75) is 0 Å². The molecule has 0 radical (unpaired) electrons. The fourth-order valence-corrected chi connectivity index (χ4v) is 1.20. The predicted octanol–water partition coefficient (Wildman–Crippen LogP) is 0.864. The van der Waals surface area contributed by atoms with Crippen LogP contribution in [0.1, 0.15) is 0 Å². The third kappa shape index (κ3) is 2.97. The van der Waals surface area contributed by atoms with Crippen molar-refractivity contribution < 1.29 is 9.47 Å². The number of rotatable bonds is 3. The molecule has 0 aromatic heterocycles. The Balaban J connectivity index is 2.88. The lowest BCUT2D eigenvalue weighted by Gasteiger charge is -2.11. The molecule has 0 spiro atoms. The Morgan fingerprint density at radius 2 is 1.93 bits per heavy atom. The van der Waals surface area contributed by atoms with E-state index in [1.807, 2.05) is 6.07 Å². The number of ether oxygens (including phenoxy) is 2. The first kappa shape index (κ1) is 11.5. The second-order valence-corrected chi connectivity index (χ2v) is 3.08. The molecule has 0 aliphatic rings. The van der Waals surface area contributed by atoms with E-state index in [4.69, 9.17) is 27.5 Å². The van der Waals surface area contributed by atoms with Gasteiger partial charge in [0.1, 0.15) is 0 Å². The van der Waals surface area contributed by atoms with E-state index in [0.717, 1.165) is 5.69 Å². The lowest BCUT2D eigenvalue weighted by atomic mass is 10.3. The van der Waals surface area contributed by atoms with Crippen LogP contribution in [0.15, 0.2) is 18.2 Å². The van der Waals surface area contributed by atoms with Gasteiger partial charge >= 0.3 is 0 Å². The van der Waals surface area contributed by atoms with Crippen molar-refractivity contribution in [3.63, 3.8) is 0 Å². The van der Waals surface area contributed by atoms with Crippen LogP contribution >= 0.6 is 12.2 Å². The van der Waals surface area contributed by atoms with E-state index < -0.39 is 0 Å². The van der Waals surface area contributed by atoms with Crippen LogP contribution in [0.5, 0.6) is 11.5 Å². The Kier molecular flexibility index (Phi) is 4.14. The Bertz CT molecular complexity index is 357. The lowest BCUT2D eigenvalue weighted by Crippen LogP contribution is -2.34. The van der Waals surface area contributed by atoms with Gasteiger partial charge in [0.05, 0.1) is 14.2 Å². The van der Waals surface area contributed by atoms with Gasteiger partial charge < -0.3 is 20.2 Å². The van der Waals surface area contributed by atoms with Crippen molar-refractivity contribution in [2.24, 2.45) is 5.84 Å². The van der Waals surface area contributed by atoms with Gasteiger partial charge in [-0.2, -0.15) is 0 Å². The van der Waals surface area contributed by atoms with Gasteiger partial charge in [-0.3, -0.25) is 0 Å². The summed E-state index contributed by atoms with van der Waals surface area (Å²) < 4.78 is 10.2. The zero-order chi connectivity index (χ0) is 11.3. The molecule has 1 aromatic carbocycles. The normalized spacial score (nSPS) is 9.27. The average Bonchev–Trinajstić information content (AvgIpc) is 2.28. The van der Waals surface area contributed by atoms with Crippen molar-refractivity contribution in [3.05, 3.63) is 18.2 Å². The quantitative estimate of drug-likeness (QED) is 0.404. The van der Waals surface area contributed by atoms with E-state index in [-0.39, 0.29) is 0 Å². The molecule has 0 aliphatic carbocycles. The highest BCUT2D eigenvalue weighted by atomic mass is 32.1. The number of hydrazine groups is 1. The number of hydrogen-bond acceptors (Lipinski definition) is 4. The molecule has 4 N–H and O–H groups in total. The topological polar surface area (TPSA) is 68.5 Å². The third-order valence-corrected chi connectivity index (χ3v) is 1.99. The lowest BCUT2D eigenvalue weighted by molar-refractivity contribution is 0.355. The molecule has 15 heavy (non-hydrogen) atoms. The van der Waals surface area contributed by atoms with Crippen molar-refractivity contribution in [1.82, 2.24) is 5.43 Å². The summed E-state index contributed by atoms with van der Waals surface area (Å²) >= 11 is 4.86. The SMILES string of the molecule is COc1ccc(NC(=S)NN)cc1OC. The summed E-state index contributed by atoms with van der Waals surface area (Å²) in [5.74, 6) is 6.43. The van der Waals surface area contributed by atoms with E-state index in [1.165, 1.54) is 0 Å². The van der Waals surface area contributed by atoms with E-state index in [0.29, 0.717) is 16.6 Å². The van der Waals surface area contributed by atoms with Crippen LogP contribution in [-0.4, -0.2) is 19.3 Å². The summed E-state index contributed by atoms with van der Waals surface area (Å²) in [5, 5.41) is 3.21. The van der Waals surface area contributed by atoms with E-state index in [1.54, 1.807) is 26.4 Å². The second-order valence-electron chi connectivity index (χ2n) is 2.67. The highest BCUT2D eigenvalue weighted by Crippen LogP contribution is 2.29. The van der Waals surface area contributed by atoms with Gasteiger partial charge in [-0.05, 0) is 24.4 Å². The molecule has 1 aromatic rings. The van der Waals surface area contributed by atoms with Crippen LogP contribution in [0, 0.1) is 0 Å². The van der Waals surface area contributed by atoms with Crippen LogP contribution in [0.4, 0.5) is 5.69 Å². The molecule has 0 bridgehead atoms. The van der Waals surface area contributed by atoms with Gasteiger partial charge in [0.2, 0.25) is 0 Å². The van der Waals surface area contributed by atoms with Crippen LogP contribution in [0.3, 0.4) is 0 Å². The molecule has 1 rings (SSSR count). The minimum Gasteiger partial charge on any atom is -0.493 e. The maximum absolute atomic E-state index is 5.14. The zero-order valence-corrected chi connectivity index (χ0v) is 9.35. The van der Waals surface area contributed by atoms with E-state index >= 15 is 0 Å². The molecule has 0 heterocycles. The van der Waals surface area contributed by atoms with Gasteiger partial charge in [0.25, 0.3) is 0 Å². The molecule has 82 valence electrons. The molecule has 5 nitrogen and oxygen atoms in total. The fourth-order valence-electron chi connectivity index (χ4n) is 1.08. The van der Waals surface area contributed by atoms with Crippen molar-refractivity contribution >= 4 is 23.0 Å². The Labute approximate surface area is 93.5 Å². The van der Waals surface area contributed by atoms with Crippen LogP contribution in [0.2, 0.25) is 0 Å². The van der Waals surface area contributed by atoms with Crippen LogP contribution < -0.4 is 26.1 Å². The van der Waals surface area contributed by atoms with Gasteiger partial charge in [-0.1, -0.05) is 0 Å². The van der Waals surface area contributed by atoms with E-state index in [9.17, 15) is 0 Å². The maximum atomic E-state index is 5.14. The Hall–Kier alpha value is -1.53. The van der Waals surface area contributed by atoms with Gasteiger partial charge in [-0.15, -0.1) is 0 Å². The van der Waals surface area contributed by atoms with E-state index in [2.05, 4.69) is 10.7 Å². The number of anilines is 1. The fraction of sp³-hybridized carbons (Fsp3) is 0.222. The molecule has 0 amide bonds. The monoisotopic (exact) mass is 227 g/mol. The van der Waals surface area contributed by atoms with Crippen LogP contribution in [-0.2, 0) is 0 Å². The third-order valence-electron chi connectivity index (χ3n) is 1.77. The summed E-state index contributed by atoms with van der Waals surface area (Å²) in [5.41, 5.74) is 3.10. The standard InChI is InChI=1S/C9H13N3O2S/c1-13-7-4-3-6(5-8(7)14-2)11-9(15)12-10/h3-5H,10H2,1-2H3,(H2,11,12,15). The zero-order valence-electron chi connectivity index (χ0n) is 8.53. The first-order chi connectivity index (χ1) is 7.21. The summed E-state index contributed by atoms with van der Waals surface area (Å²) in [6.07, 6.45) is 0. The molecule has 0 saturated carbocycles. The minimum atomic E-state index is 0.335. The summed E-state index contributed by atoms with van der Waals surface area (Å²) in [4.78, 5) is 0. The van der Waals surface area contributed by atoms with Gasteiger partial charge in [0.15, 0.2) is 16.6 Å². The number of hydrogen-bond donors (Lipinski definition) is 3. The van der Waals surface area contributed by atoms with Crippen LogP contribution in [0.25, 0.3) is 0 Å². The molecule has 0 atom stereocenters. The number of nitrogens with two attached hydrogens (primary N) is 1. The summed E-state index contributed by atoms with van der Waals surface area (Å²) in [6.45, 7) is 0. The molecular formula is C9H13N3O2S. The Morgan fingerprint density at radius 1 is 1.27 bits per heavy atom. The van der Waals surface area contributed by atoms with Gasteiger partial charge in [-0.25, -0.2) is 5.84 Å². The van der Waals surface area contributed by atoms with Crippen molar-refractivity contribution in [2.75, 3.05) is 19.5 Å². The number of nitrogens with one attached hydrogen (secondary N) is 2. The smallest absolute Gasteiger partial charge is 0.185 e.